The second-order valence-electron chi connectivity index (χ2n) is 5.10. The number of ether oxygens (including phenoxy) is 1. The van der Waals surface area contributed by atoms with Gasteiger partial charge in [-0.05, 0) is 22.8 Å². The molecule has 2 aromatic rings. The van der Waals surface area contributed by atoms with E-state index in [-0.39, 0.29) is 18.5 Å². The van der Waals surface area contributed by atoms with Crippen LogP contribution in [-0.4, -0.2) is 25.6 Å². The lowest BCUT2D eigenvalue weighted by Crippen LogP contribution is -2.33. The molecule has 116 valence electrons. The standard InChI is InChI=1S/C17H18N2O2.ClH/c18-17(20)15-4-2-1-3-14(15)12-5-7-13(8-6-12)16-11-19-9-10-21-16;/h1-8,16,19H,9-11H2,(H2,18,20);1H. The normalized spacial score (nSPS) is 17.5. The van der Waals surface area contributed by atoms with E-state index in [0.717, 1.165) is 36.4 Å². The number of amides is 1. The topological polar surface area (TPSA) is 64.4 Å². The number of nitrogens with two attached hydrogens (primary N) is 1. The predicted octanol–water partition coefficient (Wildman–Crippen LogP) is 2.54. The van der Waals surface area contributed by atoms with Gasteiger partial charge in [-0.15, -0.1) is 12.4 Å². The minimum atomic E-state index is -0.408. The molecule has 1 saturated heterocycles. The molecule has 1 unspecified atom stereocenters. The molecule has 22 heavy (non-hydrogen) atoms. The zero-order chi connectivity index (χ0) is 14.7. The third-order valence-corrected chi connectivity index (χ3v) is 3.71. The number of carbonyl (C=O) groups is 1. The Balaban J connectivity index is 0.00000176. The molecule has 3 rings (SSSR count). The third kappa shape index (κ3) is 3.47. The van der Waals surface area contributed by atoms with Crippen LogP contribution in [0.25, 0.3) is 11.1 Å². The Morgan fingerprint density at radius 1 is 1.14 bits per heavy atom. The zero-order valence-electron chi connectivity index (χ0n) is 12.1. The lowest BCUT2D eigenvalue weighted by Gasteiger charge is -2.24. The number of halogens is 1. The van der Waals surface area contributed by atoms with Crippen molar-refractivity contribution < 1.29 is 9.53 Å². The number of nitrogens with one attached hydrogen (secondary N) is 1. The summed E-state index contributed by atoms with van der Waals surface area (Å²) in [4.78, 5) is 11.5. The van der Waals surface area contributed by atoms with Crippen LogP contribution in [0.5, 0.6) is 0 Å². The minimum Gasteiger partial charge on any atom is -0.371 e. The highest BCUT2D eigenvalue weighted by atomic mass is 35.5. The van der Waals surface area contributed by atoms with Crippen LogP contribution in [0.1, 0.15) is 22.0 Å². The molecule has 0 aromatic heterocycles. The van der Waals surface area contributed by atoms with Crippen molar-refractivity contribution in [3.63, 3.8) is 0 Å². The Bertz CT molecular complexity index is 637. The van der Waals surface area contributed by atoms with Gasteiger partial charge in [0, 0.05) is 18.7 Å². The first kappa shape index (κ1) is 16.5. The molecule has 0 bridgehead atoms. The van der Waals surface area contributed by atoms with Gasteiger partial charge in [-0.1, -0.05) is 42.5 Å². The number of hydrogen-bond donors (Lipinski definition) is 2. The molecule has 1 aliphatic heterocycles. The van der Waals surface area contributed by atoms with Crippen molar-refractivity contribution >= 4 is 18.3 Å². The van der Waals surface area contributed by atoms with Crippen LogP contribution in [0.2, 0.25) is 0 Å². The van der Waals surface area contributed by atoms with Gasteiger partial charge in [0.15, 0.2) is 0 Å². The largest absolute Gasteiger partial charge is 0.371 e. The van der Waals surface area contributed by atoms with Crippen molar-refractivity contribution in [2.45, 2.75) is 6.10 Å². The Labute approximate surface area is 136 Å². The van der Waals surface area contributed by atoms with E-state index in [1.54, 1.807) is 6.07 Å². The van der Waals surface area contributed by atoms with Crippen molar-refractivity contribution in [2.24, 2.45) is 5.73 Å². The molecular formula is C17H19ClN2O2. The van der Waals surface area contributed by atoms with Gasteiger partial charge in [0.05, 0.1) is 12.7 Å². The fourth-order valence-corrected chi connectivity index (χ4v) is 2.61. The summed E-state index contributed by atoms with van der Waals surface area (Å²) in [6.07, 6.45) is 0.0965. The molecular weight excluding hydrogens is 300 g/mol. The summed E-state index contributed by atoms with van der Waals surface area (Å²) >= 11 is 0. The van der Waals surface area contributed by atoms with Crippen LogP contribution in [0, 0.1) is 0 Å². The smallest absolute Gasteiger partial charge is 0.249 e. The molecule has 5 heteroatoms. The number of hydrogen-bond acceptors (Lipinski definition) is 3. The lowest BCUT2D eigenvalue weighted by atomic mass is 9.97. The van der Waals surface area contributed by atoms with Crippen molar-refractivity contribution in [2.75, 3.05) is 19.7 Å². The lowest BCUT2D eigenvalue weighted by molar-refractivity contribution is 0.0277. The molecule has 1 aliphatic rings. The van der Waals surface area contributed by atoms with Gasteiger partial charge in [0.25, 0.3) is 0 Å². The number of morpholine rings is 1. The Morgan fingerprint density at radius 2 is 1.86 bits per heavy atom. The molecule has 2 aromatic carbocycles. The van der Waals surface area contributed by atoms with Crippen LogP contribution in [0.3, 0.4) is 0 Å². The average Bonchev–Trinajstić information content (AvgIpc) is 2.56. The molecule has 0 radical (unpaired) electrons. The molecule has 0 spiro atoms. The van der Waals surface area contributed by atoms with E-state index in [1.807, 2.05) is 42.5 Å². The first-order valence-corrected chi connectivity index (χ1v) is 7.07. The molecule has 1 amide bonds. The van der Waals surface area contributed by atoms with Crippen LogP contribution >= 0.6 is 12.4 Å². The highest BCUT2D eigenvalue weighted by Crippen LogP contribution is 2.26. The molecule has 1 atom stereocenters. The molecule has 3 N–H and O–H groups in total. The quantitative estimate of drug-likeness (QED) is 0.914. The maximum atomic E-state index is 11.5. The van der Waals surface area contributed by atoms with Crippen LogP contribution in [-0.2, 0) is 4.74 Å². The molecule has 1 fully saturated rings. The van der Waals surface area contributed by atoms with Gasteiger partial charge < -0.3 is 15.8 Å². The van der Waals surface area contributed by atoms with Crippen LogP contribution in [0.4, 0.5) is 0 Å². The van der Waals surface area contributed by atoms with Gasteiger partial charge in [0.2, 0.25) is 5.91 Å². The SMILES string of the molecule is Cl.NC(=O)c1ccccc1-c1ccc(C2CNCCO2)cc1. The second-order valence-corrected chi connectivity index (χ2v) is 5.10. The Kier molecular flexibility index (Phi) is 5.55. The summed E-state index contributed by atoms with van der Waals surface area (Å²) in [7, 11) is 0. The first-order chi connectivity index (χ1) is 10.3. The van der Waals surface area contributed by atoms with Crippen molar-refractivity contribution in [1.82, 2.24) is 5.32 Å². The summed E-state index contributed by atoms with van der Waals surface area (Å²) in [6.45, 7) is 2.47. The number of benzene rings is 2. The van der Waals surface area contributed by atoms with Gasteiger partial charge in [-0.3, -0.25) is 4.79 Å². The molecule has 0 aliphatic carbocycles. The summed E-state index contributed by atoms with van der Waals surface area (Å²) in [5.41, 5.74) is 8.96. The Morgan fingerprint density at radius 3 is 2.50 bits per heavy atom. The first-order valence-electron chi connectivity index (χ1n) is 7.07. The van der Waals surface area contributed by atoms with E-state index in [4.69, 9.17) is 10.5 Å². The number of carbonyl (C=O) groups excluding carboxylic acids is 1. The summed E-state index contributed by atoms with van der Waals surface area (Å²) < 4.78 is 5.73. The van der Waals surface area contributed by atoms with E-state index in [1.165, 1.54) is 0 Å². The highest BCUT2D eigenvalue weighted by molar-refractivity contribution is 5.99. The van der Waals surface area contributed by atoms with E-state index in [9.17, 15) is 4.79 Å². The second kappa shape index (κ2) is 7.40. The van der Waals surface area contributed by atoms with E-state index < -0.39 is 5.91 Å². The van der Waals surface area contributed by atoms with Crippen LogP contribution < -0.4 is 11.1 Å². The summed E-state index contributed by atoms with van der Waals surface area (Å²) in [6, 6.07) is 15.5. The van der Waals surface area contributed by atoms with Crippen LogP contribution in [0.15, 0.2) is 48.5 Å². The highest BCUT2D eigenvalue weighted by Gasteiger charge is 2.16. The predicted molar refractivity (Wildman–Crippen MR) is 89.2 cm³/mol. The summed E-state index contributed by atoms with van der Waals surface area (Å²) in [5, 5.41) is 3.32. The van der Waals surface area contributed by atoms with E-state index >= 15 is 0 Å². The monoisotopic (exact) mass is 318 g/mol. The van der Waals surface area contributed by atoms with Gasteiger partial charge in [-0.2, -0.15) is 0 Å². The van der Waals surface area contributed by atoms with E-state index in [0.29, 0.717) is 5.56 Å². The average molecular weight is 319 g/mol. The summed E-state index contributed by atoms with van der Waals surface area (Å²) in [5.74, 6) is -0.408. The van der Waals surface area contributed by atoms with Crippen molar-refractivity contribution in [3.8, 4) is 11.1 Å². The van der Waals surface area contributed by atoms with E-state index in [2.05, 4.69) is 5.32 Å². The zero-order valence-corrected chi connectivity index (χ0v) is 12.9. The maximum Gasteiger partial charge on any atom is 0.249 e. The minimum absolute atomic E-state index is 0. The van der Waals surface area contributed by atoms with Crippen molar-refractivity contribution in [1.29, 1.82) is 0 Å². The molecule has 0 saturated carbocycles. The number of primary amides is 1. The molecule has 1 heterocycles. The fourth-order valence-electron chi connectivity index (χ4n) is 2.61. The van der Waals surface area contributed by atoms with Gasteiger partial charge >= 0.3 is 0 Å². The third-order valence-electron chi connectivity index (χ3n) is 3.71. The fraction of sp³-hybridized carbons (Fsp3) is 0.235. The van der Waals surface area contributed by atoms with Gasteiger partial charge in [0.1, 0.15) is 0 Å². The molecule has 4 nitrogen and oxygen atoms in total. The van der Waals surface area contributed by atoms with Crippen molar-refractivity contribution in [3.05, 3.63) is 59.7 Å². The maximum absolute atomic E-state index is 11.5. The Hall–Kier alpha value is -1.88. The number of rotatable bonds is 3. The van der Waals surface area contributed by atoms with Gasteiger partial charge in [-0.25, -0.2) is 0 Å².